The molecule has 0 saturated carbocycles. The number of amides is 1. The molecule has 1 aliphatic rings. The highest BCUT2D eigenvalue weighted by molar-refractivity contribution is 8.18. The molecule has 0 atom stereocenters. The average molecular weight is 401 g/mol. The summed E-state index contributed by atoms with van der Waals surface area (Å²) in [5.74, 6) is 0.790. The van der Waals surface area contributed by atoms with Crippen LogP contribution in [0, 0.1) is 0 Å². The summed E-state index contributed by atoms with van der Waals surface area (Å²) in [4.78, 5) is 19.3. The number of carbonyl (C=O) groups is 1. The van der Waals surface area contributed by atoms with Gasteiger partial charge in [0.1, 0.15) is 12.4 Å². The number of benzene rings is 2. The lowest BCUT2D eigenvalue weighted by Gasteiger charge is -2.11. The quantitative estimate of drug-likeness (QED) is 0.623. The standard InChI is InChI=1S/C21H21ClN2O2S/c1-3-23-21-24(4-2)20(25)19(27-21)13-15-7-11-18(12-8-15)26-14-16-5-9-17(22)10-6-16/h5-13H,3-4,14H2,1-2H3/b19-13-,23-21?. The normalized spacial score (nSPS) is 17.1. The van der Waals surface area contributed by atoms with Gasteiger partial charge in [-0.15, -0.1) is 0 Å². The molecule has 27 heavy (non-hydrogen) atoms. The third-order valence-corrected chi connectivity index (χ3v) is 5.29. The number of halogens is 1. The van der Waals surface area contributed by atoms with Crippen molar-refractivity contribution in [3.8, 4) is 5.75 Å². The third-order valence-electron chi connectivity index (χ3n) is 3.99. The minimum atomic E-state index is 0.0118. The fraction of sp³-hybridized carbons (Fsp3) is 0.238. The number of ether oxygens (including phenoxy) is 1. The van der Waals surface area contributed by atoms with Crippen LogP contribution in [0.4, 0.5) is 0 Å². The van der Waals surface area contributed by atoms with Crippen LogP contribution in [0.25, 0.3) is 6.08 Å². The summed E-state index contributed by atoms with van der Waals surface area (Å²) in [6.45, 7) is 5.70. The number of amidine groups is 1. The molecule has 0 radical (unpaired) electrons. The van der Waals surface area contributed by atoms with Crippen LogP contribution in [0.15, 0.2) is 58.4 Å². The van der Waals surface area contributed by atoms with Gasteiger partial charge < -0.3 is 4.74 Å². The average Bonchev–Trinajstić information content (AvgIpc) is 2.97. The first-order chi connectivity index (χ1) is 13.1. The Morgan fingerprint density at radius 1 is 1.11 bits per heavy atom. The van der Waals surface area contributed by atoms with Crippen molar-refractivity contribution in [2.24, 2.45) is 4.99 Å². The van der Waals surface area contributed by atoms with E-state index >= 15 is 0 Å². The lowest BCUT2D eigenvalue weighted by molar-refractivity contribution is -0.122. The van der Waals surface area contributed by atoms with E-state index in [0.717, 1.165) is 22.0 Å². The van der Waals surface area contributed by atoms with E-state index in [4.69, 9.17) is 16.3 Å². The molecule has 2 aromatic carbocycles. The van der Waals surface area contributed by atoms with Crippen LogP contribution >= 0.6 is 23.4 Å². The Morgan fingerprint density at radius 2 is 1.81 bits per heavy atom. The smallest absolute Gasteiger partial charge is 0.266 e. The first-order valence-corrected chi connectivity index (χ1v) is 10.0. The summed E-state index contributed by atoms with van der Waals surface area (Å²) >= 11 is 7.32. The number of rotatable bonds is 6. The summed E-state index contributed by atoms with van der Waals surface area (Å²) in [6, 6.07) is 15.3. The molecule has 6 heteroatoms. The van der Waals surface area contributed by atoms with Crippen molar-refractivity contribution in [2.45, 2.75) is 20.5 Å². The van der Waals surface area contributed by atoms with Crippen LogP contribution in [0.5, 0.6) is 5.75 Å². The highest BCUT2D eigenvalue weighted by Crippen LogP contribution is 2.32. The molecule has 3 rings (SSSR count). The number of carbonyl (C=O) groups excluding carboxylic acids is 1. The number of likely N-dealkylation sites (N-methyl/N-ethyl adjacent to an activating group) is 1. The summed E-state index contributed by atoms with van der Waals surface area (Å²) in [6.07, 6.45) is 1.90. The summed E-state index contributed by atoms with van der Waals surface area (Å²) < 4.78 is 5.80. The van der Waals surface area contributed by atoms with Crippen molar-refractivity contribution in [3.05, 3.63) is 69.6 Å². The van der Waals surface area contributed by atoms with Crippen molar-refractivity contribution < 1.29 is 9.53 Å². The Bertz CT molecular complexity index is 861. The van der Waals surface area contributed by atoms with Crippen LogP contribution in [0.3, 0.4) is 0 Å². The van der Waals surface area contributed by atoms with Gasteiger partial charge in [0.15, 0.2) is 5.17 Å². The lowest BCUT2D eigenvalue weighted by Crippen LogP contribution is -2.28. The molecule has 0 unspecified atom stereocenters. The van der Waals surface area contributed by atoms with Crippen molar-refractivity contribution >= 4 is 40.5 Å². The Labute approximate surface area is 168 Å². The van der Waals surface area contributed by atoms with E-state index < -0.39 is 0 Å². The zero-order valence-corrected chi connectivity index (χ0v) is 16.9. The molecule has 1 saturated heterocycles. The molecular formula is C21H21ClN2O2S. The molecule has 4 nitrogen and oxygen atoms in total. The third kappa shape index (κ3) is 4.93. The second kappa shape index (κ2) is 9.11. The van der Waals surface area contributed by atoms with E-state index in [9.17, 15) is 4.79 Å². The SMILES string of the molecule is CCN=C1S/C(=C\c2ccc(OCc3ccc(Cl)cc3)cc2)C(=O)N1CC. The van der Waals surface area contributed by atoms with Crippen LogP contribution in [0.2, 0.25) is 5.02 Å². The molecule has 0 aromatic heterocycles. The Morgan fingerprint density at radius 3 is 2.44 bits per heavy atom. The molecule has 140 valence electrons. The Balaban J connectivity index is 1.66. The molecular weight excluding hydrogens is 380 g/mol. The van der Waals surface area contributed by atoms with Gasteiger partial charge in [-0.2, -0.15) is 0 Å². The van der Waals surface area contributed by atoms with Crippen LogP contribution < -0.4 is 4.74 Å². The number of hydrogen-bond donors (Lipinski definition) is 0. The minimum Gasteiger partial charge on any atom is -0.489 e. The number of thioether (sulfide) groups is 1. The lowest BCUT2D eigenvalue weighted by atomic mass is 10.2. The van der Waals surface area contributed by atoms with Gasteiger partial charge in [-0.1, -0.05) is 35.9 Å². The second-order valence-electron chi connectivity index (χ2n) is 5.90. The fourth-order valence-electron chi connectivity index (χ4n) is 2.60. The van der Waals surface area contributed by atoms with Crippen molar-refractivity contribution in [2.75, 3.05) is 13.1 Å². The van der Waals surface area contributed by atoms with Crippen LogP contribution in [0.1, 0.15) is 25.0 Å². The van der Waals surface area contributed by atoms with Gasteiger partial charge in [0, 0.05) is 18.1 Å². The van der Waals surface area contributed by atoms with Crippen molar-refractivity contribution in [1.82, 2.24) is 4.90 Å². The van der Waals surface area contributed by atoms with E-state index in [1.807, 2.05) is 68.5 Å². The van der Waals surface area contributed by atoms with E-state index in [2.05, 4.69) is 4.99 Å². The van der Waals surface area contributed by atoms with Gasteiger partial charge in [-0.05, 0) is 67.1 Å². The van der Waals surface area contributed by atoms with Gasteiger partial charge in [0.05, 0.1) is 4.91 Å². The highest BCUT2D eigenvalue weighted by atomic mass is 35.5. The Hall–Kier alpha value is -2.24. The molecule has 0 N–H and O–H groups in total. The first kappa shape index (κ1) is 19.5. The predicted molar refractivity (Wildman–Crippen MR) is 113 cm³/mol. The van der Waals surface area contributed by atoms with E-state index in [1.54, 1.807) is 4.90 Å². The van der Waals surface area contributed by atoms with Crippen LogP contribution in [-0.2, 0) is 11.4 Å². The largest absolute Gasteiger partial charge is 0.489 e. The molecule has 1 heterocycles. The maximum Gasteiger partial charge on any atom is 0.266 e. The Kier molecular flexibility index (Phi) is 6.58. The predicted octanol–water partition coefficient (Wildman–Crippen LogP) is 5.23. The van der Waals surface area contributed by atoms with Gasteiger partial charge in [0.25, 0.3) is 5.91 Å². The topological polar surface area (TPSA) is 41.9 Å². The summed E-state index contributed by atoms with van der Waals surface area (Å²) in [5, 5.41) is 1.49. The molecule has 1 amide bonds. The molecule has 1 fully saturated rings. The van der Waals surface area contributed by atoms with E-state index in [0.29, 0.717) is 29.6 Å². The van der Waals surface area contributed by atoms with Gasteiger partial charge in [0.2, 0.25) is 0 Å². The summed E-state index contributed by atoms with van der Waals surface area (Å²) in [7, 11) is 0. The first-order valence-electron chi connectivity index (χ1n) is 8.84. The fourth-order valence-corrected chi connectivity index (χ4v) is 3.83. The van der Waals surface area contributed by atoms with Crippen molar-refractivity contribution in [1.29, 1.82) is 0 Å². The minimum absolute atomic E-state index is 0.0118. The number of hydrogen-bond acceptors (Lipinski definition) is 4. The molecule has 0 aliphatic carbocycles. The summed E-state index contributed by atoms with van der Waals surface area (Å²) in [5.41, 5.74) is 2.01. The molecule has 1 aliphatic heterocycles. The second-order valence-corrected chi connectivity index (χ2v) is 7.35. The van der Waals surface area contributed by atoms with E-state index in [1.165, 1.54) is 11.8 Å². The molecule has 2 aromatic rings. The van der Waals surface area contributed by atoms with Gasteiger partial charge >= 0.3 is 0 Å². The maximum atomic E-state index is 12.5. The van der Waals surface area contributed by atoms with Gasteiger partial charge in [-0.25, -0.2) is 0 Å². The van der Waals surface area contributed by atoms with Crippen LogP contribution in [-0.4, -0.2) is 29.1 Å². The molecule has 0 bridgehead atoms. The molecule has 0 spiro atoms. The van der Waals surface area contributed by atoms with Gasteiger partial charge in [-0.3, -0.25) is 14.7 Å². The monoisotopic (exact) mass is 400 g/mol. The van der Waals surface area contributed by atoms with Crippen molar-refractivity contribution in [3.63, 3.8) is 0 Å². The number of aliphatic imine (C=N–C) groups is 1. The maximum absolute atomic E-state index is 12.5. The zero-order valence-electron chi connectivity index (χ0n) is 15.3. The van der Waals surface area contributed by atoms with E-state index in [-0.39, 0.29) is 5.91 Å². The zero-order chi connectivity index (χ0) is 19.2. The highest BCUT2D eigenvalue weighted by Gasteiger charge is 2.31. The number of nitrogens with zero attached hydrogens (tertiary/aromatic N) is 2.